The molecule has 3 heterocycles. The summed E-state index contributed by atoms with van der Waals surface area (Å²) < 4.78 is 24.0. The summed E-state index contributed by atoms with van der Waals surface area (Å²) in [6.45, 7) is 1.98. The molecule has 132 valence electrons. The van der Waals surface area contributed by atoms with E-state index in [1.54, 1.807) is 12.1 Å². The molecule has 1 amide bonds. The zero-order chi connectivity index (χ0) is 17.2. The predicted octanol–water partition coefficient (Wildman–Crippen LogP) is 2.76. The van der Waals surface area contributed by atoms with Gasteiger partial charge < -0.3 is 14.2 Å². The van der Waals surface area contributed by atoms with Crippen LogP contribution in [0.3, 0.4) is 0 Å². The maximum atomic E-state index is 13.0. The van der Waals surface area contributed by atoms with Crippen molar-refractivity contribution in [3.63, 3.8) is 0 Å². The fourth-order valence-electron chi connectivity index (χ4n) is 3.47. The van der Waals surface area contributed by atoms with Gasteiger partial charge in [-0.05, 0) is 49.9 Å². The van der Waals surface area contributed by atoms with Crippen molar-refractivity contribution in [3.8, 4) is 11.4 Å². The fraction of sp³-hybridized carbons (Fsp3) is 0.500. The third kappa shape index (κ3) is 3.42. The molecular weight excluding hydrogens is 325 g/mol. The summed E-state index contributed by atoms with van der Waals surface area (Å²) in [4.78, 5) is 18.8. The molecule has 0 aliphatic carbocycles. The molecule has 0 saturated carbocycles. The molecule has 1 aromatic carbocycles. The second-order valence-corrected chi connectivity index (χ2v) is 6.59. The summed E-state index contributed by atoms with van der Waals surface area (Å²) in [6, 6.07) is 5.98. The van der Waals surface area contributed by atoms with Gasteiger partial charge in [-0.2, -0.15) is 4.98 Å². The number of ether oxygens (including phenoxy) is 1. The van der Waals surface area contributed by atoms with E-state index in [-0.39, 0.29) is 23.7 Å². The van der Waals surface area contributed by atoms with Crippen LogP contribution in [0.2, 0.25) is 0 Å². The maximum Gasteiger partial charge on any atom is 0.251 e. The largest absolute Gasteiger partial charge is 0.368 e. The smallest absolute Gasteiger partial charge is 0.251 e. The van der Waals surface area contributed by atoms with E-state index in [0.29, 0.717) is 30.4 Å². The average molecular weight is 345 g/mol. The second-order valence-electron chi connectivity index (χ2n) is 6.59. The molecule has 2 saturated heterocycles. The number of rotatable bonds is 3. The van der Waals surface area contributed by atoms with Crippen LogP contribution in [-0.4, -0.2) is 46.7 Å². The number of hydrogen-bond acceptors (Lipinski definition) is 5. The van der Waals surface area contributed by atoms with Gasteiger partial charge in [0.25, 0.3) is 5.91 Å². The number of benzene rings is 1. The number of piperidine rings is 1. The van der Waals surface area contributed by atoms with Crippen molar-refractivity contribution >= 4 is 5.91 Å². The summed E-state index contributed by atoms with van der Waals surface area (Å²) in [6.07, 6.45) is 3.25. The SMILES string of the molecule is O=C(C1CCCO1)N1CCCC(c2nc(-c3ccc(F)cc3)no2)C1. The van der Waals surface area contributed by atoms with Crippen LogP contribution in [0.25, 0.3) is 11.4 Å². The van der Waals surface area contributed by atoms with Crippen LogP contribution in [0.5, 0.6) is 0 Å². The van der Waals surface area contributed by atoms with E-state index in [0.717, 1.165) is 32.2 Å². The van der Waals surface area contributed by atoms with Gasteiger partial charge in [-0.3, -0.25) is 4.79 Å². The highest BCUT2D eigenvalue weighted by Crippen LogP contribution is 2.29. The van der Waals surface area contributed by atoms with Crippen LogP contribution in [0.15, 0.2) is 28.8 Å². The monoisotopic (exact) mass is 345 g/mol. The van der Waals surface area contributed by atoms with Crippen LogP contribution in [-0.2, 0) is 9.53 Å². The number of hydrogen-bond donors (Lipinski definition) is 0. The molecule has 2 aliphatic heterocycles. The molecule has 2 aliphatic rings. The Labute approximate surface area is 145 Å². The minimum atomic E-state index is -0.303. The molecular formula is C18H20FN3O3. The van der Waals surface area contributed by atoms with Gasteiger partial charge in [0.15, 0.2) is 0 Å². The molecule has 0 N–H and O–H groups in total. The highest BCUT2D eigenvalue weighted by molar-refractivity contribution is 5.81. The van der Waals surface area contributed by atoms with Crippen molar-refractivity contribution in [3.05, 3.63) is 36.0 Å². The Morgan fingerprint density at radius 2 is 2.04 bits per heavy atom. The lowest BCUT2D eigenvalue weighted by molar-refractivity contribution is -0.142. The molecule has 0 bridgehead atoms. The predicted molar refractivity (Wildman–Crippen MR) is 87.2 cm³/mol. The lowest BCUT2D eigenvalue weighted by atomic mass is 9.97. The topological polar surface area (TPSA) is 68.5 Å². The molecule has 1 aromatic heterocycles. The van der Waals surface area contributed by atoms with Gasteiger partial charge in [0.2, 0.25) is 11.7 Å². The van der Waals surface area contributed by atoms with Crippen molar-refractivity contribution < 1.29 is 18.4 Å². The van der Waals surface area contributed by atoms with E-state index in [4.69, 9.17) is 9.26 Å². The van der Waals surface area contributed by atoms with Crippen LogP contribution >= 0.6 is 0 Å². The normalized spacial score (nSPS) is 23.8. The van der Waals surface area contributed by atoms with Gasteiger partial charge in [0.05, 0.1) is 5.92 Å². The average Bonchev–Trinajstić information content (AvgIpc) is 3.34. The second kappa shape index (κ2) is 6.92. The van der Waals surface area contributed by atoms with Gasteiger partial charge >= 0.3 is 0 Å². The van der Waals surface area contributed by atoms with Crippen LogP contribution in [0.4, 0.5) is 4.39 Å². The number of likely N-dealkylation sites (tertiary alicyclic amines) is 1. The first-order chi connectivity index (χ1) is 12.2. The first-order valence-electron chi connectivity index (χ1n) is 8.70. The van der Waals surface area contributed by atoms with E-state index >= 15 is 0 Å². The highest BCUT2D eigenvalue weighted by atomic mass is 19.1. The zero-order valence-corrected chi connectivity index (χ0v) is 13.9. The summed E-state index contributed by atoms with van der Waals surface area (Å²) in [7, 11) is 0. The lowest BCUT2D eigenvalue weighted by Gasteiger charge is -2.32. The van der Waals surface area contributed by atoms with Gasteiger partial charge in [0.1, 0.15) is 11.9 Å². The third-order valence-corrected chi connectivity index (χ3v) is 4.83. The summed E-state index contributed by atoms with van der Waals surface area (Å²) in [5, 5.41) is 4.00. The Morgan fingerprint density at radius 3 is 2.80 bits per heavy atom. The van der Waals surface area contributed by atoms with Gasteiger partial charge in [0, 0.05) is 25.3 Å². The minimum Gasteiger partial charge on any atom is -0.368 e. The minimum absolute atomic E-state index is 0.0285. The Kier molecular flexibility index (Phi) is 4.48. The number of carbonyl (C=O) groups excluding carboxylic acids is 1. The molecule has 4 rings (SSSR count). The Bertz CT molecular complexity index is 740. The van der Waals surface area contributed by atoms with E-state index in [1.807, 2.05) is 4.90 Å². The molecule has 2 fully saturated rings. The fourth-order valence-corrected chi connectivity index (χ4v) is 3.47. The van der Waals surface area contributed by atoms with Gasteiger partial charge in [-0.1, -0.05) is 5.16 Å². The van der Waals surface area contributed by atoms with E-state index < -0.39 is 0 Å². The van der Waals surface area contributed by atoms with E-state index in [2.05, 4.69) is 10.1 Å². The number of carbonyl (C=O) groups is 1. The quantitative estimate of drug-likeness (QED) is 0.856. The first-order valence-corrected chi connectivity index (χ1v) is 8.70. The number of aromatic nitrogens is 2. The van der Waals surface area contributed by atoms with Gasteiger partial charge in [-0.15, -0.1) is 0 Å². The molecule has 25 heavy (non-hydrogen) atoms. The molecule has 2 atom stereocenters. The number of halogens is 1. The van der Waals surface area contributed by atoms with Gasteiger partial charge in [-0.25, -0.2) is 4.39 Å². The Hall–Kier alpha value is -2.28. The first kappa shape index (κ1) is 16.2. The van der Waals surface area contributed by atoms with Crippen molar-refractivity contribution in [2.45, 2.75) is 37.7 Å². The Morgan fingerprint density at radius 1 is 1.20 bits per heavy atom. The lowest BCUT2D eigenvalue weighted by Crippen LogP contribution is -2.44. The molecule has 2 aromatic rings. The van der Waals surface area contributed by atoms with Crippen molar-refractivity contribution in [2.24, 2.45) is 0 Å². The summed E-state index contributed by atoms with van der Waals surface area (Å²) in [5.74, 6) is 0.769. The highest BCUT2D eigenvalue weighted by Gasteiger charge is 2.33. The molecule has 7 heteroatoms. The third-order valence-electron chi connectivity index (χ3n) is 4.83. The zero-order valence-electron chi connectivity index (χ0n) is 13.9. The van der Waals surface area contributed by atoms with E-state index in [1.165, 1.54) is 12.1 Å². The van der Waals surface area contributed by atoms with Crippen LogP contribution in [0, 0.1) is 5.82 Å². The van der Waals surface area contributed by atoms with Crippen molar-refractivity contribution in [1.82, 2.24) is 15.0 Å². The number of nitrogens with zero attached hydrogens (tertiary/aromatic N) is 3. The molecule has 0 radical (unpaired) electrons. The molecule has 0 spiro atoms. The van der Waals surface area contributed by atoms with Crippen LogP contribution in [0.1, 0.15) is 37.5 Å². The number of amides is 1. The maximum absolute atomic E-state index is 13.0. The molecule has 2 unspecified atom stereocenters. The van der Waals surface area contributed by atoms with Crippen molar-refractivity contribution in [1.29, 1.82) is 0 Å². The molecule has 6 nitrogen and oxygen atoms in total. The summed E-state index contributed by atoms with van der Waals surface area (Å²) >= 11 is 0. The standard InChI is InChI=1S/C18H20FN3O3/c19-14-7-5-12(6-8-14)16-20-17(25-21-16)13-3-1-9-22(11-13)18(23)15-4-2-10-24-15/h5-8,13,15H,1-4,9-11H2. The van der Waals surface area contributed by atoms with E-state index in [9.17, 15) is 9.18 Å². The van der Waals surface area contributed by atoms with Crippen molar-refractivity contribution in [2.75, 3.05) is 19.7 Å². The summed E-state index contributed by atoms with van der Waals surface area (Å²) in [5.41, 5.74) is 0.708. The Balaban J connectivity index is 1.46. The van der Waals surface area contributed by atoms with Crippen LogP contribution < -0.4 is 0 Å².